The van der Waals surface area contributed by atoms with Gasteiger partial charge in [-0.2, -0.15) is 5.10 Å². The molecular weight excluding hydrogens is 432 g/mol. The van der Waals surface area contributed by atoms with E-state index in [0.717, 1.165) is 30.5 Å². The molecule has 32 heavy (non-hydrogen) atoms. The summed E-state index contributed by atoms with van der Waals surface area (Å²) in [6, 6.07) is 8.03. The summed E-state index contributed by atoms with van der Waals surface area (Å²) in [4.78, 5) is 32.9. The number of carbonyl (C=O) groups is 1. The number of rotatable bonds is 6. The standard InChI is InChI=1S/C21H22N6O4S/c1-13-10-11-22-21(23-13)26-32(30,31)17-8-6-16(7-9-17)24-20(29)14(2)27-19(28)12-15-4-3-5-18(15)25-27/h6-12,14H,3-5H2,1-2H3,(H,24,29)(H,22,23,26). The molecule has 4 rings (SSSR count). The van der Waals surface area contributed by atoms with Crippen LogP contribution < -0.4 is 15.6 Å². The van der Waals surface area contributed by atoms with Crippen molar-refractivity contribution in [2.24, 2.45) is 0 Å². The van der Waals surface area contributed by atoms with Crippen molar-refractivity contribution in [2.45, 2.75) is 44.0 Å². The molecule has 1 aliphatic carbocycles. The number of sulfonamides is 1. The maximum atomic E-state index is 12.7. The van der Waals surface area contributed by atoms with Crippen molar-refractivity contribution in [3.63, 3.8) is 0 Å². The molecule has 166 valence electrons. The van der Waals surface area contributed by atoms with Gasteiger partial charge in [0.05, 0.1) is 10.6 Å². The Balaban J connectivity index is 1.46. The second-order valence-corrected chi connectivity index (χ2v) is 9.25. The second-order valence-electron chi connectivity index (χ2n) is 7.57. The zero-order valence-corrected chi connectivity index (χ0v) is 18.4. The first kappa shape index (κ1) is 21.6. The molecule has 10 nitrogen and oxygen atoms in total. The lowest BCUT2D eigenvalue weighted by Crippen LogP contribution is -2.34. The van der Waals surface area contributed by atoms with E-state index in [1.807, 2.05) is 0 Å². The van der Waals surface area contributed by atoms with Crippen LogP contribution in [-0.4, -0.2) is 34.1 Å². The fraction of sp³-hybridized carbons (Fsp3) is 0.286. The van der Waals surface area contributed by atoms with Crippen LogP contribution in [0.3, 0.4) is 0 Å². The SMILES string of the molecule is Cc1ccnc(NS(=O)(=O)c2ccc(NC(=O)C(C)n3nc4c(cc3=O)CCC4)cc2)n1. The third-order valence-corrected chi connectivity index (χ3v) is 6.53. The Morgan fingerprint density at radius 3 is 2.62 bits per heavy atom. The van der Waals surface area contributed by atoms with Gasteiger partial charge >= 0.3 is 0 Å². The zero-order valence-electron chi connectivity index (χ0n) is 17.6. The number of benzene rings is 1. The number of hydrogen-bond donors (Lipinski definition) is 2. The van der Waals surface area contributed by atoms with Crippen LogP contribution in [0.2, 0.25) is 0 Å². The van der Waals surface area contributed by atoms with Crippen LogP contribution in [-0.2, 0) is 27.7 Å². The quantitative estimate of drug-likeness (QED) is 0.580. The molecule has 1 aliphatic rings. The van der Waals surface area contributed by atoms with Crippen molar-refractivity contribution in [1.29, 1.82) is 0 Å². The first-order chi connectivity index (χ1) is 15.2. The number of carbonyl (C=O) groups excluding carboxylic acids is 1. The Morgan fingerprint density at radius 1 is 1.16 bits per heavy atom. The average molecular weight is 455 g/mol. The monoisotopic (exact) mass is 454 g/mol. The van der Waals surface area contributed by atoms with Crippen molar-refractivity contribution in [2.75, 3.05) is 10.0 Å². The van der Waals surface area contributed by atoms with Crippen molar-refractivity contribution in [1.82, 2.24) is 19.7 Å². The molecule has 3 aromatic rings. The summed E-state index contributed by atoms with van der Waals surface area (Å²) < 4.78 is 28.6. The minimum absolute atomic E-state index is 0.00911. The normalized spacial score (nSPS) is 13.9. The van der Waals surface area contributed by atoms with Gasteiger partial charge in [0, 0.05) is 23.6 Å². The Labute approximate surface area is 184 Å². The molecule has 1 unspecified atom stereocenters. The van der Waals surface area contributed by atoms with Gasteiger partial charge < -0.3 is 5.32 Å². The van der Waals surface area contributed by atoms with E-state index in [9.17, 15) is 18.0 Å². The highest BCUT2D eigenvalue weighted by Gasteiger charge is 2.22. The molecule has 2 heterocycles. The molecule has 11 heteroatoms. The van der Waals surface area contributed by atoms with Crippen LogP contribution in [0.4, 0.5) is 11.6 Å². The van der Waals surface area contributed by atoms with Crippen LogP contribution in [0.5, 0.6) is 0 Å². The Kier molecular flexibility index (Phi) is 5.74. The van der Waals surface area contributed by atoms with E-state index in [4.69, 9.17) is 0 Å². The van der Waals surface area contributed by atoms with E-state index in [2.05, 4.69) is 25.1 Å². The molecule has 0 aliphatic heterocycles. The molecule has 2 aromatic heterocycles. The fourth-order valence-corrected chi connectivity index (χ4v) is 4.40. The smallest absolute Gasteiger partial charge is 0.267 e. The summed E-state index contributed by atoms with van der Waals surface area (Å²) >= 11 is 0. The number of aryl methyl sites for hydroxylation is 3. The van der Waals surface area contributed by atoms with Gasteiger partial charge in [-0.15, -0.1) is 0 Å². The lowest BCUT2D eigenvalue weighted by molar-refractivity contribution is -0.119. The highest BCUT2D eigenvalue weighted by molar-refractivity contribution is 7.92. The average Bonchev–Trinajstić information content (AvgIpc) is 3.20. The summed E-state index contributed by atoms with van der Waals surface area (Å²) in [6.07, 6.45) is 4.04. The Bertz CT molecular complexity index is 1340. The number of nitrogens with one attached hydrogen (secondary N) is 2. The van der Waals surface area contributed by atoms with E-state index in [-0.39, 0.29) is 16.4 Å². The summed E-state index contributed by atoms with van der Waals surface area (Å²) in [5.41, 5.74) is 2.49. The molecule has 0 fully saturated rings. The summed E-state index contributed by atoms with van der Waals surface area (Å²) in [7, 11) is -3.89. The number of aromatic nitrogens is 4. The van der Waals surface area contributed by atoms with Gasteiger partial charge in [0.2, 0.25) is 11.9 Å². The third kappa shape index (κ3) is 4.52. The molecule has 0 saturated heterocycles. The lowest BCUT2D eigenvalue weighted by atomic mass is 10.2. The van der Waals surface area contributed by atoms with E-state index in [0.29, 0.717) is 11.4 Å². The molecular formula is C21H22N6O4S. The van der Waals surface area contributed by atoms with E-state index < -0.39 is 22.0 Å². The number of anilines is 2. The molecule has 2 N–H and O–H groups in total. The first-order valence-electron chi connectivity index (χ1n) is 10.1. The molecule has 0 radical (unpaired) electrons. The van der Waals surface area contributed by atoms with Crippen molar-refractivity contribution >= 4 is 27.6 Å². The minimum atomic E-state index is -3.89. The number of nitrogens with zero attached hydrogens (tertiary/aromatic N) is 4. The summed E-state index contributed by atoms with van der Waals surface area (Å²) in [6.45, 7) is 3.32. The minimum Gasteiger partial charge on any atom is -0.324 e. The van der Waals surface area contributed by atoms with Crippen LogP contribution in [0.15, 0.2) is 52.3 Å². The van der Waals surface area contributed by atoms with Crippen LogP contribution >= 0.6 is 0 Å². The zero-order chi connectivity index (χ0) is 22.9. The molecule has 0 spiro atoms. The maximum Gasteiger partial charge on any atom is 0.267 e. The first-order valence-corrected chi connectivity index (χ1v) is 11.6. The van der Waals surface area contributed by atoms with Gasteiger partial charge in [0.1, 0.15) is 6.04 Å². The van der Waals surface area contributed by atoms with Gasteiger partial charge in [-0.05, 0) is 69.0 Å². The number of hydrogen-bond acceptors (Lipinski definition) is 7. The number of fused-ring (bicyclic) bond motifs is 1. The van der Waals surface area contributed by atoms with Crippen molar-refractivity contribution in [3.05, 3.63) is 69.9 Å². The number of amides is 1. The predicted octanol–water partition coefficient (Wildman–Crippen LogP) is 1.83. The van der Waals surface area contributed by atoms with Gasteiger partial charge in [-0.1, -0.05) is 0 Å². The molecule has 0 bridgehead atoms. The molecule has 1 atom stereocenters. The van der Waals surface area contributed by atoms with E-state index in [1.165, 1.54) is 35.1 Å². The van der Waals surface area contributed by atoms with Crippen molar-refractivity contribution in [3.8, 4) is 0 Å². The molecule has 1 amide bonds. The maximum absolute atomic E-state index is 12.7. The van der Waals surface area contributed by atoms with Gasteiger partial charge in [-0.25, -0.2) is 27.8 Å². The van der Waals surface area contributed by atoms with E-state index >= 15 is 0 Å². The largest absolute Gasteiger partial charge is 0.324 e. The second kappa shape index (κ2) is 8.50. The fourth-order valence-electron chi connectivity index (χ4n) is 3.45. The highest BCUT2D eigenvalue weighted by Crippen LogP contribution is 2.20. The van der Waals surface area contributed by atoms with Crippen LogP contribution in [0.1, 0.15) is 36.3 Å². The summed E-state index contributed by atoms with van der Waals surface area (Å²) in [5.74, 6) is -0.456. The lowest BCUT2D eigenvalue weighted by Gasteiger charge is -2.15. The Morgan fingerprint density at radius 2 is 1.91 bits per heavy atom. The predicted molar refractivity (Wildman–Crippen MR) is 118 cm³/mol. The van der Waals surface area contributed by atoms with Crippen LogP contribution in [0, 0.1) is 6.92 Å². The highest BCUT2D eigenvalue weighted by atomic mass is 32.2. The molecule has 0 saturated carbocycles. The summed E-state index contributed by atoms with van der Waals surface area (Å²) in [5, 5.41) is 7.04. The van der Waals surface area contributed by atoms with Crippen molar-refractivity contribution < 1.29 is 13.2 Å². The Hall–Kier alpha value is -3.60. The van der Waals surface area contributed by atoms with Gasteiger partial charge in [0.15, 0.2) is 0 Å². The third-order valence-electron chi connectivity index (χ3n) is 5.18. The van der Waals surface area contributed by atoms with Crippen LogP contribution in [0.25, 0.3) is 0 Å². The van der Waals surface area contributed by atoms with E-state index in [1.54, 1.807) is 26.0 Å². The van der Waals surface area contributed by atoms with Gasteiger partial charge in [0.25, 0.3) is 15.6 Å². The molecule has 1 aromatic carbocycles. The topological polar surface area (TPSA) is 136 Å². The van der Waals surface area contributed by atoms with Gasteiger partial charge in [-0.3, -0.25) is 9.59 Å².